The van der Waals surface area contributed by atoms with Crippen LogP contribution < -0.4 is 0 Å². The predicted octanol–water partition coefficient (Wildman–Crippen LogP) is 3.45. The van der Waals surface area contributed by atoms with Crippen LogP contribution in [0.2, 0.25) is 0 Å². The van der Waals surface area contributed by atoms with Gasteiger partial charge in [0.15, 0.2) is 0 Å². The van der Waals surface area contributed by atoms with Gasteiger partial charge in [0, 0.05) is 0 Å². The Bertz CT molecular complexity index is 540. The summed E-state index contributed by atoms with van der Waals surface area (Å²) in [6.07, 6.45) is 2.29. The molecule has 16 heavy (non-hydrogen) atoms. The molecule has 2 aromatic carbocycles. The molecule has 0 aliphatic heterocycles. The van der Waals surface area contributed by atoms with Crippen LogP contribution in [-0.4, -0.2) is 16.3 Å². The minimum atomic E-state index is 0.429. The van der Waals surface area contributed by atoms with Crippen molar-refractivity contribution < 1.29 is 0 Å². The van der Waals surface area contributed by atoms with E-state index in [2.05, 4.69) is 77.0 Å². The summed E-state index contributed by atoms with van der Waals surface area (Å²) in [6.45, 7) is 0. The first-order chi connectivity index (χ1) is 7.86. The summed E-state index contributed by atoms with van der Waals surface area (Å²) in [4.78, 5) is 0. The fourth-order valence-electron chi connectivity index (χ4n) is 2.24. The van der Waals surface area contributed by atoms with E-state index in [9.17, 15) is 0 Å². The zero-order valence-electron chi connectivity index (χ0n) is 8.93. The molecule has 0 aromatic heterocycles. The molecule has 0 nitrogen and oxygen atoms in total. The Hall–Kier alpha value is -1.29. The van der Waals surface area contributed by atoms with Crippen molar-refractivity contribution in [2.45, 2.75) is 4.78 Å². The minimum Gasteiger partial charge on any atom is -0.0622 e. The van der Waals surface area contributed by atoms with E-state index in [-0.39, 0.29) is 0 Å². The molecule has 1 aliphatic carbocycles. The van der Waals surface area contributed by atoms with Crippen molar-refractivity contribution in [3.63, 3.8) is 0 Å². The standard InChI is InChI=1S/C15H11.Al/c1-2-6-12(7-3-1)15-10-13-8-4-5-9-14(13)11-15;/h1-11H;. The maximum absolute atomic E-state index is 2.94. The van der Waals surface area contributed by atoms with E-state index in [1.54, 1.807) is 0 Å². The monoisotopic (exact) mass is 218 g/mol. The maximum atomic E-state index is 2.94. The Morgan fingerprint density at radius 2 is 1.50 bits per heavy atom. The van der Waals surface area contributed by atoms with Gasteiger partial charge in [0.2, 0.25) is 0 Å². The Morgan fingerprint density at radius 3 is 2.25 bits per heavy atom. The highest BCUT2D eigenvalue weighted by molar-refractivity contribution is 6.23. The second-order valence-corrected chi connectivity index (χ2v) is 4.74. The predicted molar refractivity (Wildman–Crippen MR) is 69.3 cm³/mol. The zero-order chi connectivity index (χ0) is 11.0. The first kappa shape index (κ1) is 9.90. The molecule has 74 valence electrons. The van der Waals surface area contributed by atoms with E-state index in [0.29, 0.717) is 4.78 Å². The van der Waals surface area contributed by atoms with Crippen LogP contribution in [-0.2, 0) is 0 Å². The van der Waals surface area contributed by atoms with E-state index in [0.717, 1.165) is 0 Å². The van der Waals surface area contributed by atoms with Crippen LogP contribution in [0.3, 0.4) is 0 Å². The van der Waals surface area contributed by atoms with Gasteiger partial charge in [-0.1, -0.05) is 65.5 Å². The third-order valence-electron chi connectivity index (χ3n) is 3.08. The SMILES string of the molecule is [Al][CH]1C(c2ccccc2)=Cc2ccccc21. The van der Waals surface area contributed by atoms with Crippen molar-refractivity contribution in [2.75, 3.05) is 0 Å². The van der Waals surface area contributed by atoms with Gasteiger partial charge in [-0.2, -0.15) is 0 Å². The Balaban J connectivity index is 2.09. The first-order valence-electron chi connectivity index (χ1n) is 5.48. The molecule has 0 fully saturated rings. The highest BCUT2D eigenvalue weighted by atomic mass is 27.0. The lowest BCUT2D eigenvalue weighted by Gasteiger charge is -2.12. The summed E-state index contributed by atoms with van der Waals surface area (Å²) >= 11 is 2.94. The summed E-state index contributed by atoms with van der Waals surface area (Å²) in [6, 6.07) is 19.2. The minimum absolute atomic E-state index is 0.429. The molecule has 1 unspecified atom stereocenters. The van der Waals surface area contributed by atoms with Gasteiger partial charge in [-0.25, -0.2) is 0 Å². The Labute approximate surface area is 104 Å². The van der Waals surface area contributed by atoms with Crippen LogP contribution in [0.25, 0.3) is 11.6 Å². The summed E-state index contributed by atoms with van der Waals surface area (Å²) in [7, 11) is 0. The number of hydrogen-bond donors (Lipinski definition) is 0. The smallest absolute Gasteiger partial charge is 0.0622 e. The lowest BCUT2D eigenvalue weighted by atomic mass is 10.0. The average molecular weight is 218 g/mol. The van der Waals surface area contributed by atoms with Crippen LogP contribution >= 0.6 is 0 Å². The third-order valence-corrected chi connectivity index (χ3v) is 3.80. The Kier molecular flexibility index (Phi) is 2.44. The highest BCUT2D eigenvalue weighted by Gasteiger charge is 2.20. The van der Waals surface area contributed by atoms with Gasteiger partial charge >= 0.3 is 0 Å². The van der Waals surface area contributed by atoms with Crippen molar-refractivity contribution in [2.24, 2.45) is 0 Å². The zero-order valence-corrected chi connectivity index (χ0v) is 10.1. The summed E-state index contributed by atoms with van der Waals surface area (Å²) < 4.78 is 0.429. The van der Waals surface area contributed by atoms with Gasteiger partial charge in [-0.15, -0.1) is 0 Å². The average Bonchev–Trinajstić information content (AvgIpc) is 2.69. The van der Waals surface area contributed by atoms with Gasteiger partial charge < -0.3 is 0 Å². The molecule has 0 N–H and O–H groups in total. The van der Waals surface area contributed by atoms with E-state index < -0.39 is 0 Å². The second kappa shape index (κ2) is 3.94. The van der Waals surface area contributed by atoms with Gasteiger partial charge in [0.05, 0.1) is 0 Å². The summed E-state index contributed by atoms with van der Waals surface area (Å²) in [5.74, 6) is 0. The molecule has 1 aliphatic rings. The molecule has 3 rings (SSSR count). The lowest BCUT2D eigenvalue weighted by molar-refractivity contribution is 1.26. The van der Waals surface area contributed by atoms with Crippen LogP contribution in [0.15, 0.2) is 54.6 Å². The Morgan fingerprint density at radius 1 is 0.812 bits per heavy atom. The van der Waals surface area contributed by atoms with E-state index >= 15 is 0 Å². The molecule has 0 saturated carbocycles. The van der Waals surface area contributed by atoms with Gasteiger partial charge in [0.1, 0.15) is 16.3 Å². The molecular weight excluding hydrogens is 207 g/mol. The molecule has 0 saturated heterocycles. The molecule has 0 amide bonds. The molecular formula is C15H11Al. The number of fused-ring (bicyclic) bond motifs is 1. The van der Waals surface area contributed by atoms with E-state index in [1.807, 2.05) is 0 Å². The largest absolute Gasteiger partial charge is 0.139 e. The van der Waals surface area contributed by atoms with Gasteiger partial charge in [-0.3, -0.25) is 0 Å². The quantitative estimate of drug-likeness (QED) is 0.643. The second-order valence-electron chi connectivity index (χ2n) is 4.07. The van der Waals surface area contributed by atoms with Crippen LogP contribution in [0.4, 0.5) is 0 Å². The van der Waals surface area contributed by atoms with Crippen LogP contribution in [0.1, 0.15) is 21.5 Å². The normalized spacial score (nSPS) is 18.0. The third kappa shape index (κ3) is 1.53. The molecule has 1 heteroatoms. The van der Waals surface area contributed by atoms with Gasteiger partial charge in [-0.05, 0) is 22.3 Å². The number of benzene rings is 2. The maximum Gasteiger partial charge on any atom is 0.139 e. The van der Waals surface area contributed by atoms with Crippen molar-refractivity contribution >= 4 is 27.9 Å². The van der Waals surface area contributed by atoms with Crippen molar-refractivity contribution in [1.82, 2.24) is 0 Å². The lowest BCUT2D eigenvalue weighted by Crippen LogP contribution is -1.97. The number of rotatable bonds is 1. The van der Waals surface area contributed by atoms with Crippen molar-refractivity contribution in [3.8, 4) is 0 Å². The van der Waals surface area contributed by atoms with Crippen molar-refractivity contribution in [3.05, 3.63) is 71.3 Å². The summed E-state index contributed by atoms with van der Waals surface area (Å²) in [5, 5.41) is 0. The van der Waals surface area contributed by atoms with Crippen LogP contribution in [0.5, 0.6) is 0 Å². The van der Waals surface area contributed by atoms with Crippen LogP contribution in [0, 0.1) is 0 Å². The fraction of sp³-hybridized carbons (Fsp3) is 0.0667. The molecule has 0 heterocycles. The topological polar surface area (TPSA) is 0 Å². The summed E-state index contributed by atoms with van der Waals surface area (Å²) in [5.41, 5.74) is 5.47. The van der Waals surface area contributed by atoms with Crippen molar-refractivity contribution in [1.29, 1.82) is 0 Å². The van der Waals surface area contributed by atoms with Gasteiger partial charge in [0.25, 0.3) is 0 Å². The molecule has 0 bridgehead atoms. The molecule has 0 spiro atoms. The first-order valence-corrected chi connectivity index (χ1v) is 6.14. The number of hydrogen-bond acceptors (Lipinski definition) is 0. The van der Waals surface area contributed by atoms with E-state index in [4.69, 9.17) is 0 Å². The van der Waals surface area contributed by atoms with E-state index in [1.165, 1.54) is 22.3 Å². The number of allylic oxidation sites excluding steroid dienone is 1. The highest BCUT2D eigenvalue weighted by Crippen LogP contribution is 2.39. The molecule has 2 aromatic rings. The fourth-order valence-corrected chi connectivity index (χ4v) is 2.84. The molecule has 2 radical (unpaired) electrons. The molecule has 1 atom stereocenters.